The fourth-order valence-electron chi connectivity index (χ4n) is 2.30. The van der Waals surface area contributed by atoms with Gasteiger partial charge < -0.3 is 13.7 Å². The van der Waals surface area contributed by atoms with Gasteiger partial charge in [0.1, 0.15) is 5.69 Å². The highest BCUT2D eigenvalue weighted by Crippen LogP contribution is 2.38. The van der Waals surface area contributed by atoms with Gasteiger partial charge in [0.25, 0.3) is 0 Å². The van der Waals surface area contributed by atoms with Gasteiger partial charge in [-0.3, -0.25) is 0 Å². The molecular formula is C14H16ClNO3. The van der Waals surface area contributed by atoms with Crippen LogP contribution < -0.4 is 0 Å². The Balaban J connectivity index is 2.75. The Morgan fingerprint density at radius 3 is 2.63 bits per heavy atom. The number of esters is 1. The third kappa shape index (κ3) is 2.16. The van der Waals surface area contributed by atoms with Crippen LogP contribution in [0, 0.1) is 6.92 Å². The molecule has 5 heteroatoms. The highest BCUT2D eigenvalue weighted by molar-refractivity contribution is 6.36. The van der Waals surface area contributed by atoms with E-state index in [-0.39, 0.29) is 6.04 Å². The van der Waals surface area contributed by atoms with Crippen LogP contribution in [0.15, 0.2) is 22.8 Å². The van der Waals surface area contributed by atoms with Gasteiger partial charge in [0, 0.05) is 11.7 Å². The zero-order valence-electron chi connectivity index (χ0n) is 11.4. The van der Waals surface area contributed by atoms with E-state index in [4.69, 9.17) is 20.8 Å². The first-order valence-corrected chi connectivity index (χ1v) is 6.39. The zero-order chi connectivity index (χ0) is 14.2. The van der Waals surface area contributed by atoms with Crippen molar-refractivity contribution in [2.45, 2.75) is 26.8 Å². The van der Waals surface area contributed by atoms with Crippen LogP contribution in [0.3, 0.4) is 0 Å². The molecule has 0 aliphatic rings. The molecule has 0 atom stereocenters. The molecule has 0 N–H and O–H groups in total. The number of aromatic nitrogens is 1. The van der Waals surface area contributed by atoms with Gasteiger partial charge in [0.2, 0.25) is 0 Å². The van der Waals surface area contributed by atoms with Crippen LogP contribution in [0.4, 0.5) is 0 Å². The first-order chi connectivity index (χ1) is 8.99. The summed E-state index contributed by atoms with van der Waals surface area (Å²) in [6, 6.07) is 3.76. The second kappa shape index (κ2) is 5.13. The van der Waals surface area contributed by atoms with Crippen molar-refractivity contribution in [1.82, 2.24) is 4.57 Å². The van der Waals surface area contributed by atoms with Gasteiger partial charge in [-0.15, -0.1) is 0 Å². The zero-order valence-corrected chi connectivity index (χ0v) is 12.1. The summed E-state index contributed by atoms with van der Waals surface area (Å²) in [4.78, 5) is 11.9. The van der Waals surface area contributed by atoms with Gasteiger partial charge >= 0.3 is 5.97 Å². The van der Waals surface area contributed by atoms with Crippen molar-refractivity contribution in [3.63, 3.8) is 0 Å². The van der Waals surface area contributed by atoms with Crippen molar-refractivity contribution in [3.8, 4) is 11.5 Å². The van der Waals surface area contributed by atoms with E-state index in [2.05, 4.69) is 0 Å². The van der Waals surface area contributed by atoms with E-state index in [1.54, 1.807) is 12.3 Å². The van der Waals surface area contributed by atoms with E-state index >= 15 is 0 Å². The molecule has 2 rings (SSSR count). The van der Waals surface area contributed by atoms with Gasteiger partial charge in [0.15, 0.2) is 5.76 Å². The number of methoxy groups -OCH3 is 1. The van der Waals surface area contributed by atoms with Crippen molar-refractivity contribution >= 4 is 17.6 Å². The summed E-state index contributed by atoms with van der Waals surface area (Å²) in [5, 5.41) is 0.369. The molecule has 0 radical (unpaired) electrons. The van der Waals surface area contributed by atoms with Crippen LogP contribution in [0.25, 0.3) is 11.5 Å². The van der Waals surface area contributed by atoms with Gasteiger partial charge in [0.05, 0.1) is 24.0 Å². The maximum Gasteiger partial charge on any atom is 0.341 e. The molecule has 0 spiro atoms. The average Bonchev–Trinajstić information content (AvgIpc) is 2.94. The maximum absolute atomic E-state index is 11.9. The molecule has 2 aromatic rings. The molecule has 4 nitrogen and oxygen atoms in total. The van der Waals surface area contributed by atoms with Crippen LogP contribution in [0.2, 0.25) is 5.02 Å². The van der Waals surface area contributed by atoms with Gasteiger partial charge in [-0.2, -0.15) is 0 Å². The monoisotopic (exact) mass is 281 g/mol. The second-order valence-electron chi connectivity index (χ2n) is 4.56. The van der Waals surface area contributed by atoms with Gasteiger partial charge in [-0.05, 0) is 32.9 Å². The van der Waals surface area contributed by atoms with E-state index in [0.29, 0.717) is 22.0 Å². The van der Waals surface area contributed by atoms with Crippen LogP contribution in [0.1, 0.15) is 35.9 Å². The van der Waals surface area contributed by atoms with E-state index in [1.807, 2.05) is 31.4 Å². The van der Waals surface area contributed by atoms with Crippen molar-refractivity contribution in [2.75, 3.05) is 7.11 Å². The van der Waals surface area contributed by atoms with Crippen molar-refractivity contribution in [3.05, 3.63) is 34.7 Å². The Bertz CT molecular complexity index is 597. The quantitative estimate of drug-likeness (QED) is 0.796. The Morgan fingerprint density at radius 2 is 2.16 bits per heavy atom. The van der Waals surface area contributed by atoms with Crippen LogP contribution in [-0.4, -0.2) is 17.6 Å². The van der Waals surface area contributed by atoms with Crippen LogP contribution in [-0.2, 0) is 4.74 Å². The number of hydrogen-bond acceptors (Lipinski definition) is 3. The molecule has 0 aliphatic heterocycles. The number of ether oxygens (including phenoxy) is 1. The number of carbonyl (C=O) groups excluding carboxylic acids is 1. The molecule has 19 heavy (non-hydrogen) atoms. The van der Waals surface area contributed by atoms with E-state index in [9.17, 15) is 4.79 Å². The summed E-state index contributed by atoms with van der Waals surface area (Å²) in [6.07, 6.45) is 1.58. The predicted octanol–water partition coefficient (Wildman–Crippen LogP) is 4.08. The highest BCUT2D eigenvalue weighted by Gasteiger charge is 2.27. The van der Waals surface area contributed by atoms with E-state index in [0.717, 1.165) is 5.69 Å². The number of carbonyl (C=O) groups is 1. The molecule has 102 valence electrons. The number of hydrogen-bond donors (Lipinski definition) is 0. The fourth-order valence-corrected chi connectivity index (χ4v) is 2.69. The molecule has 0 unspecified atom stereocenters. The lowest BCUT2D eigenvalue weighted by Gasteiger charge is -2.14. The maximum atomic E-state index is 11.9. The minimum Gasteiger partial charge on any atom is -0.465 e. The largest absolute Gasteiger partial charge is 0.465 e. The third-order valence-electron chi connectivity index (χ3n) is 3.05. The molecule has 0 aliphatic carbocycles. The van der Waals surface area contributed by atoms with Gasteiger partial charge in [-0.25, -0.2) is 4.79 Å². The summed E-state index contributed by atoms with van der Waals surface area (Å²) in [5.41, 5.74) is 1.88. The third-order valence-corrected chi connectivity index (χ3v) is 3.42. The molecule has 2 aromatic heterocycles. The Hall–Kier alpha value is -1.68. The molecule has 0 saturated carbocycles. The summed E-state index contributed by atoms with van der Waals surface area (Å²) < 4.78 is 12.2. The van der Waals surface area contributed by atoms with Crippen LogP contribution in [0.5, 0.6) is 0 Å². The molecule has 0 fully saturated rings. The number of furan rings is 1. The summed E-state index contributed by atoms with van der Waals surface area (Å²) in [5.74, 6) is 0.201. The topological polar surface area (TPSA) is 44.4 Å². The lowest BCUT2D eigenvalue weighted by atomic mass is 10.2. The van der Waals surface area contributed by atoms with Crippen molar-refractivity contribution < 1.29 is 13.9 Å². The average molecular weight is 282 g/mol. The standard InChI is InChI=1S/C14H16ClNO3/c1-8(2)16-9(3)11(14(17)18-4)12(15)13(16)10-6-5-7-19-10/h5-8H,1-4H3. The van der Waals surface area contributed by atoms with Crippen LogP contribution >= 0.6 is 11.6 Å². The Kier molecular flexibility index (Phi) is 3.71. The fraction of sp³-hybridized carbons (Fsp3) is 0.357. The van der Waals surface area contributed by atoms with E-state index < -0.39 is 5.97 Å². The van der Waals surface area contributed by atoms with Crippen molar-refractivity contribution in [1.29, 1.82) is 0 Å². The SMILES string of the molecule is COC(=O)c1c(Cl)c(-c2ccco2)n(C(C)C)c1C. The van der Waals surface area contributed by atoms with E-state index in [1.165, 1.54) is 7.11 Å². The lowest BCUT2D eigenvalue weighted by Crippen LogP contribution is -2.07. The summed E-state index contributed by atoms with van der Waals surface area (Å²) in [7, 11) is 1.34. The molecule has 2 heterocycles. The minimum absolute atomic E-state index is 0.149. The lowest BCUT2D eigenvalue weighted by molar-refractivity contribution is 0.0600. The number of rotatable bonds is 3. The summed E-state index contributed by atoms with van der Waals surface area (Å²) >= 11 is 6.36. The molecule has 0 saturated heterocycles. The molecule has 0 amide bonds. The molecular weight excluding hydrogens is 266 g/mol. The normalized spacial score (nSPS) is 11.1. The minimum atomic E-state index is -0.435. The second-order valence-corrected chi connectivity index (χ2v) is 4.93. The predicted molar refractivity (Wildman–Crippen MR) is 73.6 cm³/mol. The molecule has 0 bridgehead atoms. The van der Waals surface area contributed by atoms with Crippen molar-refractivity contribution in [2.24, 2.45) is 0 Å². The molecule has 0 aromatic carbocycles. The smallest absolute Gasteiger partial charge is 0.341 e. The van der Waals surface area contributed by atoms with Gasteiger partial charge in [-0.1, -0.05) is 11.6 Å². The number of halogens is 1. The Labute approximate surface area is 116 Å². The number of nitrogens with zero attached hydrogens (tertiary/aromatic N) is 1. The Morgan fingerprint density at radius 1 is 1.47 bits per heavy atom. The summed E-state index contributed by atoms with van der Waals surface area (Å²) in [6.45, 7) is 5.90. The highest BCUT2D eigenvalue weighted by atomic mass is 35.5. The first-order valence-electron chi connectivity index (χ1n) is 6.01. The first kappa shape index (κ1) is 13.7.